The van der Waals surface area contributed by atoms with Gasteiger partial charge in [0.15, 0.2) is 0 Å². The van der Waals surface area contributed by atoms with Crippen molar-refractivity contribution in [1.29, 1.82) is 0 Å². The molecule has 0 radical (unpaired) electrons. The smallest absolute Gasteiger partial charge is 0.142 e. The molecule has 3 aromatic rings. The van der Waals surface area contributed by atoms with Gasteiger partial charge in [0.25, 0.3) is 0 Å². The van der Waals surface area contributed by atoms with Crippen LogP contribution in [-0.4, -0.2) is 33.6 Å². The van der Waals surface area contributed by atoms with E-state index in [0.717, 1.165) is 59.7 Å². The number of fused-ring (bicyclic) bond motifs is 1. The molecule has 1 aliphatic heterocycles. The van der Waals surface area contributed by atoms with Crippen LogP contribution in [-0.2, 0) is 0 Å². The molecular weight excluding hydrogens is 374 g/mol. The molecule has 7 nitrogen and oxygen atoms in total. The SMILES string of the molecule is C=C(Nc1c(C)cc(Cl)cc1N)C1(N)CCN(c2ncnc3[nH]ccc23)CC1. The third kappa shape index (κ3) is 3.27. The van der Waals surface area contributed by atoms with E-state index in [9.17, 15) is 0 Å². The molecule has 1 saturated heterocycles. The van der Waals surface area contributed by atoms with Gasteiger partial charge in [-0.25, -0.2) is 9.97 Å². The number of piperidine rings is 1. The van der Waals surface area contributed by atoms with E-state index in [-0.39, 0.29) is 0 Å². The molecule has 0 unspecified atom stereocenters. The predicted molar refractivity (Wildman–Crippen MR) is 116 cm³/mol. The van der Waals surface area contributed by atoms with Gasteiger partial charge in [0.05, 0.1) is 22.3 Å². The van der Waals surface area contributed by atoms with Crippen LogP contribution in [0.2, 0.25) is 5.02 Å². The van der Waals surface area contributed by atoms with Gasteiger partial charge in [-0.15, -0.1) is 0 Å². The monoisotopic (exact) mass is 397 g/mol. The highest BCUT2D eigenvalue weighted by atomic mass is 35.5. The summed E-state index contributed by atoms with van der Waals surface area (Å²) in [4.78, 5) is 14.1. The highest BCUT2D eigenvalue weighted by Gasteiger charge is 2.34. The van der Waals surface area contributed by atoms with Gasteiger partial charge in [0, 0.05) is 30.0 Å². The Morgan fingerprint density at radius 3 is 2.79 bits per heavy atom. The first-order chi connectivity index (χ1) is 13.4. The number of hydrogen-bond acceptors (Lipinski definition) is 6. The first kappa shape index (κ1) is 18.6. The van der Waals surface area contributed by atoms with Gasteiger partial charge in [-0.2, -0.15) is 0 Å². The summed E-state index contributed by atoms with van der Waals surface area (Å²) in [5.41, 5.74) is 16.3. The molecule has 1 aliphatic rings. The Kier molecular flexibility index (Phi) is 4.64. The number of aromatic nitrogens is 3. The molecule has 0 atom stereocenters. The normalized spacial score (nSPS) is 16.3. The minimum absolute atomic E-state index is 0.528. The number of aryl methyl sites for hydroxylation is 1. The number of rotatable bonds is 4. The molecule has 0 spiro atoms. The molecule has 1 aromatic carbocycles. The van der Waals surface area contributed by atoms with Gasteiger partial charge in [0.1, 0.15) is 17.8 Å². The Bertz CT molecular complexity index is 1010. The molecule has 0 aliphatic carbocycles. The van der Waals surface area contributed by atoms with E-state index < -0.39 is 5.54 Å². The number of nitrogen functional groups attached to an aromatic ring is 1. The summed E-state index contributed by atoms with van der Waals surface area (Å²) in [5.74, 6) is 0.935. The van der Waals surface area contributed by atoms with Gasteiger partial charge < -0.3 is 26.7 Å². The van der Waals surface area contributed by atoms with Gasteiger partial charge in [-0.1, -0.05) is 18.2 Å². The highest BCUT2D eigenvalue weighted by Crippen LogP contribution is 2.34. The molecule has 2 aromatic heterocycles. The maximum Gasteiger partial charge on any atom is 0.142 e. The molecule has 4 rings (SSSR count). The number of hydrogen-bond donors (Lipinski definition) is 4. The van der Waals surface area contributed by atoms with Crippen molar-refractivity contribution < 1.29 is 0 Å². The van der Waals surface area contributed by atoms with Gasteiger partial charge in [-0.3, -0.25) is 0 Å². The summed E-state index contributed by atoms with van der Waals surface area (Å²) < 4.78 is 0. The Morgan fingerprint density at radius 2 is 2.07 bits per heavy atom. The molecule has 146 valence electrons. The third-order valence-electron chi connectivity index (χ3n) is 5.50. The maximum absolute atomic E-state index is 6.72. The van der Waals surface area contributed by atoms with Crippen molar-refractivity contribution in [3.8, 4) is 0 Å². The molecular formula is C20H24ClN7. The van der Waals surface area contributed by atoms with Crippen LogP contribution in [0.1, 0.15) is 18.4 Å². The first-order valence-corrected chi connectivity index (χ1v) is 9.59. The summed E-state index contributed by atoms with van der Waals surface area (Å²) in [6, 6.07) is 5.60. The largest absolute Gasteiger partial charge is 0.397 e. The Labute approximate surface area is 168 Å². The van der Waals surface area contributed by atoms with Crippen LogP contribution in [0.5, 0.6) is 0 Å². The third-order valence-corrected chi connectivity index (χ3v) is 5.71. The second-order valence-corrected chi connectivity index (χ2v) is 7.81. The van der Waals surface area contributed by atoms with E-state index in [1.54, 1.807) is 12.4 Å². The van der Waals surface area contributed by atoms with Crippen molar-refractivity contribution in [3.63, 3.8) is 0 Å². The molecule has 0 amide bonds. The van der Waals surface area contributed by atoms with E-state index >= 15 is 0 Å². The Morgan fingerprint density at radius 1 is 1.32 bits per heavy atom. The number of nitrogens with zero attached hydrogens (tertiary/aromatic N) is 3. The highest BCUT2D eigenvalue weighted by molar-refractivity contribution is 6.31. The fourth-order valence-corrected chi connectivity index (χ4v) is 4.03. The van der Waals surface area contributed by atoms with Crippen LogP contribution >= 0.6 is 11.6 Å². The van der Waals surface area contributed by atoms with E-state index in [1.807, 2.05) is 25.3 Å². The van der Waals surface area contributed by atoms with E-state index in [0.29, 0.717) is 10.7 Å². The first-order valence-electron chi connectivity index (χ1n) is 9.21. The summed E-state index contributed by atoms with van der Waals surface area (Å²) in [7, 11) is 0. The fraction of sp³-hybridized carbons (Fsp3) is 0.300. The van der Waals surface area contributed by atoms with Crippen LogP contribution in [0.4, 0.5) is 17.2 Å². The van der Waals surface area contributed by atoms with Crippen molar-refractivity contribution >= 4 is 39.8 Å². The van der Waals surface area contributed by atoms with Gasteiger partial charge in [0.2, 0.25) is 0 Å². The summed E-state index contributed by atoms with van der Waals surface area (Å²) in [6.45, 7) is 7.74. The second kappa shape index (κ2) is 7.00. The van der Waals surface area contributed by atoms with Crippen LogP contribution in [0.15, 0.2) is 43.0 Å². The molecule has 28 heavy (non-hydrogen) atoms. The molecule has 0 bridgehead atoms. The minimum Gasteiger partial charge on any atom is -0.397 e. The molecule has 8 heteroatoms. The van der Waals surface area contributed by atoms with Crippen LogP contribution in [0.25, 0.3) is 11.0 Å². The number of anilines is 3. The van der Waals surface area contributed by atoms with Crippen molar-refractivity contribution in [3.05, 3.63) is 53.6 Å². The van der Waals surface area contributed by atoms with Gasteiger partial charge >= 0.3 is 0 Å². The molecule has 3 heterocycles. The molecule has 6 N–H and O–H groups in total. The number of nitrogens with two attached hydrogens (primary N) is 2. The zero-order valence-electron chi connectivity index (χ0n) is 15.8. The molecule has 0 saturated carbocycles. The number of H-pyrrole nitrogens is 1. The lowest BCUT2D eigenvalue weighted by Gasteiger charge is -2.41. The zero-order chi connectivity index (χ0) is 19.9. The van der Waals surface area contributed by atoms with Crippen molar-refractivity contribution in [1.82, 2.24) is 15.0 Å². The van der Waals surface area contributed by atoms with Crippen LogP contribution < -0.4 is 21.7 Å². The standard InChI is InChI=1S/C20H24ClN7/c1-12-9-14(21)10-16(22)17(12)27-13(2)20(23)4-7-28(8-5-20)19-15-3-6-24-18(15)25-11-26-19/h3,6,9-11,27H,2,4-5,7-8,22-23H2,1H3,(H,24,25,26). The zero-order valence-corrected chi connectivity index (χ0v) is 16.6. The topological polar surface area (TPSA) is 109 Å². The van der Waals surface area contributed by atoms with E-state index in [1.165, 1.54) is 0 Å². The van der Waals surface area contributed by atoms with E-state index in [4.69, 9.17) is 23.1 Å². The number of halogens is 1. The predicted octanol–water partition coefficient (Wildman–Crippen LogP) is 3.43. The number of nitrogens with one attached hydrogen (secondary N) is 2. The fourth-order valence-electron chi connectivity index (χ4n) is 3.75. The van der Waals surface area contributed by atoms with Crippen LogP contribution in [0, 0.1) is 6.92 Å². The lowest BCUT2D eigenvalue weighted by molar-refractivity contribution is 0.387. The molecule has 1 fully saturated rings. The quantitative estimate of drug-likeness (QED) is 0.502. The van der Waals surface area contributed by atoms with Crippen molar-refractivity contribution in [2.45, 2.75) is 25.3 Å². The Balaban J connectivity index is 1.49. The summed E-state index contributed by atoms with van der Waals surface area (Å²) >= 11 is 6.07. The summed E-state index contributed by atoms with van der Waals surface area (Å²) in [6.07, 6.45) is 4.97. The number of aromatic amines is 1. The average molecular weight is 398 g/mol. The minimum atomic E-state index is -0.528. The van der Waals surface area contributed by atoms with Gasteiger partial charge in [-0.05, 0) is 43.5 Å². The van der Waals surface area contributed by atoms with Crippen molar-refractivity contribution in [2.75, 3.05) is 29.0 Å². The van der Waals surface area contributed by atoms with Crippen LogP contribution in [0.3, 0.4) is 0 Å². The van der Waals surface area contributed by atoms with Crippen molar-refractivity contribution in [2.24, 2.45) is 5.73 Å². The Hall–Kier alpha value is -2.77. The average Bonchev–Trinajstić information content (AvgIpc) is 3.14. The lowest BCUT2D eigenvalue weighted by atomic mass is 9.85. The lowest BCUT2D eigenvalue weighted by Crippen LogP contribution is -2.53. The van der Waals surface area contributed by atoms with E-state index in [2.05, 4.69) is 31.7 Å². The second-order valence-electron chi connectivity index (χ2n) is 7.37. The number of benzene rings is 1. The maximum atomic E-state index is 6.72. The summed E-state index contributed by atoms with van der Waals surface area (Å²) in [5, 5.41) is 4.98.